The van der Waals surface area contributed by atoms with Gasteiger partial charge < -0.3 is 10.2 Å². The van der Waals surface area contributed by atoms with Crippen molar-refractivity contribution in [1.82, 2.24) is 4.98 Å². The molecule has 0 aliphatic carbocycles. The first-order valence-electron chi connectivity index (χ1n) is 5.91. The van der Waals surface area contributed by atoms with E-state index in [-0.39, 0.29) is 18.0 Å². The first kappa shape index (κ1) is 13.8. The second-order valence-electron chi connectivity index (χ2n) is 4.13. The Balaban J connectivity index is 2.20. The van der Waals surface area contributed by atoms with Gasteiger partial charge in [0.05, 0.1) is 10.6 Å². The van der Waals surface area contributed by atoms with Gasteiger partial charge in [0.2, 0.25) is 0 Å². The van der Waals surface area contributed by atoms with Crippen LogP contribution in [0.25, 0.3) is 0 Å². The van der Waals surface area contributed by atoms with Crippen LogP contribution >= 0.6 is 0 Å². The molecule has 7 heteroatoms. The molecule has 0 atom stereocenters. The maximum atomic E-state index is 11.0. The predicted octanol–water partition coefficient (Wildman–Crippen LogP) is 2.16. The summed E-state index contributed by atoms with van der Waals surface area (Å²) in [6, 6.07) is 10.0. The van der Waals surface area contributed by atoms with E-state index in [9.17, 15) is 10.1 Å². The van der Waals surface area contributed by atoms with E-state index >= 15 is 0 Å². The highest BCUT2D eigenvalue weighted by molar-refractivity contribution is 5.51. The zero-order valence-corrected chi connectivity index (χ0v) is 10.9. The van der Waals surface area contributed by atoms with Gasteiger partial charge in [0.1, 0.15) is 12.4 Å². The molecule has 1 aromatic heterocycles. The fraction of sp³-hybridized carbons (Fsp3) is 0.154. The Morgan fingerprint density at radius 3 is 2.80 bits per heavy atom. The molecule has 3 N–H and O–H groups in total. The fourth-order valence-corrected chi connectivity index (χ4v) is 1.75. The minimum absolute atomic E-state index is 0.0573. The fourth-order valence-electron chi connectivity index (χ4n) is 1.75. The van der Waals surface area contributed by atoms with E-state index in [1.165, 1.54) is 6.07 Å². The number of nitrogen functional groups attached to an aromatic ring is 1. The largest absolute Gasteiger partial charge is 0.480 e. The second-order valence-corrected chi connectivity index (χ2v) is 4.13. The zero-order chi connectivity index (χ0) is 14.5. The van der Waals surface area contributed by atoms with E-state index in [1.807, 2.05) is 0 Å². The van der Waals surface area contributed by atoms with E-state index in [0.717, 1.165) is 0 Å². The minimum atomic E-state index is -0.465. The maximum absolute atomic E-state index is 11.0. The van der Waals surface area contributed by atoms with Crippen molar-refractivity contribution in [1.29, 1.82) is 0 Å². The first-order valence-corrected chi connectivity index (χ1v) is 5.91. The van der Waals surface area contributed by atoms with Crippen molar-refractivity contribution in [3.05, 3.63) is 57.8 Å². The Kier molecular flexibility index (Phi) is 4.11. The van der Waals surface area contributed by atoms with Gasteiger partial charge in [-0.1, -0.05) is 18.2 Å². The number of rotatable bonds is 5. The van der Waals surface area contributed by atoms with Crippen molar-refractivity contribution in [2.24, 2.45) is 5.84 Å². The number of aromatic nitrogens is 1. The third kappa shape index (κ3) is 3.01. The number of anilines is 1. The standard InChI is InChI=1S/C13H14N4O3/c1-9-4-2-6-11(17(18)19)13(9)20-8-10-5-3-7-12(15-10)16-14/h2-7H,8,14H2,1H3,(H,15,16). The third-order valence-corrected chi connectivity index (χ3v) is 2.71. The highest BCUT2D eigenvalue weighted by Crippen LogP contribution is 2.30. The molecule has 0 saturated heterocycles. The number of nitrogens with two attached hydrogens (primary N) is 1. The van der Waals surface area contributed by atoms with Crippen LogP contribution in [0.1, 0.15) is 11.3 Å². The molecule has 0 radical (unpaired) electrons. The van der Waals surface area contributed by atoms with Gasteiger partial charge in [-0.15, -0.1) is 0 Å². The summed E-state index contributed by atoms with van der Waals surface area (Å²) in [4.78, 5) is 14.7. The number of nitrogens with zero attached hydrogens (tertiary/aromatic N) is 2. The Bertz CT molecular complexity index is 631. The number of hydrogen-bond acceptors (Lipinski definition) is 6. The summed E-state index contributed by atoms with van der Waals surface area (Å²) in [5, 5.41) is 11.0. The van der Waals surface area contributed by atoms with Crippen LogP contribution in [0.4, 0.5) is 11.5 Å². The first-order chi connectivity index (χ1) is 9.61. The molecule has 0 spiro atoms. The van der Waals surface area contributed by atoms with E-state index in [1.54, 1.807) is 37.3 Å². The number of ether oxygens (including phenoxy) is 1. The van der Waals surface area contributed by atoms with Gasteiger partial charge in [0, 0.05) is 6.07 Å². The number of aryl methyl sites for hydroxylation is 1. The van der Waals surface area contributed by atoms with Crippen LogP contribution in [0.3, 0.4) is 0 Å². The van der Waals surface area contributed by atoms with Crippen molar-refractivity contribution >= 4 is 11.5 Å². The van der Waals surface area contributed by atoms with Crippen molar-refractivity contribution in [3.63, 3.8) is 0 Å². The van der Waals surface area contributed by atoms with Crippen LogP contribution in [-0.4, -0.2) is 9.91 Å². The lowest BCUT2D eigenvalue weighted by molar-refractivity contribution is -0.386. The lowest BCUT2D eigenvalue weighted by atomic mass is 10.2. The van der Waals surface area contributed by atoms with Gasteiger partial charge in [0.25, 0.3) is 0 Å². The second kappa shape index (κ2) is 5.98. The van der Waals surface area contributed by atoms with Gasteiger partial charge in [0.15, 0.2) is 5.75 Å². The summed E-state index contributed by atoms with van der Waals surface area (Å²) in [7, 11) is 0. The summed E-state index contributed by atoms with van der Waals surface area (Å²) in [6.45, 7) is 1.88. The Hall–Kier alpha value is -2.67. The van der Waals surface area contributed by atoms with Crippen LogP contribution in [0.5, 0.6) is 5.75 Å². The summed E-state index contributed by atoms with van der Waals surface area (Å²) >= 11 is 0. The number of nitrogens with one attached hydrogen (secondary N) is 1. The molecule has 0 amide bonds. The van der Waals surface area contributed by atoms with Gasteiger partial charge in [-0.3, -0.25) is 10.1 Å². The molecule has 1 aromatic carbocycles. The molecule has 20 heavy (non-hydrogen) atoms. The molecule has 0 aliphatic rings. The van der Waals surface area contributed by atoms with Crippen LogP contribution < -0.4 is 16.0 Å². The van der Waals surface area contributed by atoms with E-state index < -0.39 is 4.92 Å². The molecule has 1 heterocycles. The van der Waals surface area contributed by atoms with Gasteiger partial charge in [-0.05, 0) is 24.6 Å². The zero-order valence-electron chi connectivity index (χ0n) is 10.9. The normalized spacial score (nSPS) is 10.1. The van der Waals surface area contributed by atoms with Crippen LogP contribution in [0.15, 0.2) is 36.4 Å². The number of hydrazine groups is 1. The molecule has 2 rings (SSSR count). The summed E-state index contributed by atoms with van der Waals surface area (Å²) < 4.78 is 5.54. The number of nitro benzene ring substituents is 1. The van der Waals surface area contributed by atoms with Crippen molar-refractivity contribution in [3.8, 4) is 5.75 Å². The van der Waals surface area contributed by atoms with Gasteiger partial charge >= 0.3 is 5.69 Å². The number of nitro groups is 1. The van der Waals surface area contributed by atoms with E-state index in [0.29, 0.717) is 17.1 Å². The van der Waals surface area contributed by atoms with Crippen molar-refractivity contribution in [2.75, 3.05) is 5.43 Å². The molecular formula is C13H14N4O3. The molecule has 0 bridgehead atoms. The van der Waals surface area contributed by atoms with Gasteiger partial charge in [-0.2, -0.15) is 0 Å². The number of hydrogen-bond donors (Lipinski definition) is 2. The SMILES string of the molecule is Cc1cccc([N+](=O)[O-])c1OCc1cccc(NN)n1. The minimum Gasteiger partial charge on any atom is -0.480 e. The van der Waals surface area contributed by atoms with Crippen molar-refractivity contribution < 1.29 is 9.66 Å². The lowest BCUT2D eigenvalue weighted by Crippen LogP contribution is -2.10. The van der Waals surface area contributed by atoms with Crippen LogP contribution in [0, 0.1) is 17.0 Å². The van der Waals surface area contributed by atoms with Crippen LogP contribution in [-0.2, 0) is 6.61 Å². The molecular weight excluding hydrogens is 260 g/mol. The number of benzene rings is 1. The quantitative estimate of drug-likeness (QED) is 0.492. The molecule has 0 aliphatic heterocycles. The number of pyridine rings is 1. The highest BCUT2D eigenvalue weighted by atomic mass is 16.6. The Morgan fingerprint density at radius 2 is 2.10 bits per heavy atom. The average Bonchev–Trinajstić information content (AvgIpc) is 2.45. The number of para-hydroxylation sites is 1. The van der Waals surface area contributed by atoms with E-state index in [4.69, 9.17) is 10.6 Å². The van der Waals surface area contributed by atoms with E-state index in [2.05, 4.69) is 10.4 Å². The van der Waals surface area contributed by atoms with Gasteiger partial charge in [-0.25, -0.2) is 10.8 Å². The predicted molar refractivity (Wildman–Crippen MR) is 74.2 cm³/mol. The lowest BCUT2D eigenvalue weighted by Gasteiger charge is -2.09. The summed E-state index contributed by atoms with van der Waals surface area (Å²) in [6.07, 6.45) is 0. The maximum Gasteiger partial charge on any atom is 0.311 e. The van der Waals surface area contributed by atoms with Crippen LogP contribution in [0.2, 0.25) is 0 Å². The monoisotopic (exact) mass is 274 g/mol. The third-order valence-electron chi connectivity index (χ3n) is 2.71. The molecule has 7 nitrogen and oxygen atoms in total. The van der Waals surface area contributed by atoms with Crippen molar-refractivity contribution in [2.45, 2.75) is 13.5 Å². The molecule has 0 unspecified atom stereocenters. The molecule has 2 aromatic rings. The Labute approximate surface area is 115 Å². The summed E-state index contributed by atoms with van der Waals surface area (Å²) in [5.74, 6) is 6.03. The topological polar surface area (TPSA) is 103 Å². The average molecular weight is 274 g/mol. The smallest absolute Gasteiger partial charge is 0.311 e. The molecule has 0 saturated carbocycles. The Morgan fingerprint density at radius 1 is 1.35 bits per heavy atom. The highest BCUT2D eigenvalue weighted by Gasteiger charge is 2.17. The molecule has 104 valence electrons. The molecule has 0 fully saturated rings. The summed E-state index contributed by atoms with van der Waals surface area (Å²) in [5.41, 5.74) is 3.70.